The maximum absolute atomic E-state index is 6.03. The lowest BCUT2D eigenvalue weighted by atomic mass is 9.88. The van der Waals surface area contributed by atoms with Crippen molar-refractivity contribution in [2.45, 2.75) is 38.8 Å². The topological polar surface area (TPSA) is 12.5 Å². The van der Waals surface area contributed by atoms with Crippen LogP contribution in [0.1, 0.15) is 37.4 Å². The molecular formula is C14H21NO. The first-order valence-corrected chi connectivity index (χ1v) is 5.85. The SMILES string of the molecule is Cc1ccc2c(c1)C(N(C)C)CC(C)(C)O2. The molecule has 2 rings (SSSR count). The second-order valence-corrected chi connectivity index (χ2v) is 5.59. The van der Waals surface area contributed by atoms with Gasteiger partial charge in [-0.2, -0.15) is 0 Å². The maximum Gasteiger partial charge on any atom is 0.124 e. The molecule has 1 aromatic carbocycles. The Morgan fingerprint density at radius 2 is 2.00 bits per heavy atom. The molecule has 1 atom stereocenters. The first-order chi connectivity index (χ1) is 7.39. The van der Waals surface area contributed by atoms with E-state index in [-0.39, 0.29) is 5.60 Å². The molecule has 1 heterocycles. The third-order valence-electron chi connectivity index (χ3n) is 3.22. The van der Waals surface area contributed by atoms with Crippen LogP contribution in [0.3, 0.4) is 0 Å². The minimum absolute atomic E-state index is 0.0722. The summed E-state index contributed by atoms with van der Waals surface area (Å²) in [6.45, 7) is 6.45. The van der Waals surface area contributed by atoms with Gasteiger partial charge in [-0.05, 0) is 40.9 Å². The van der Waals surface area contributed by atoms with Gasteiger partial charge in [-0.1, -0.05) is 17.7 Å². The van der Waals surface area contributed by atoms with Gasteiger partial charge in [0.1, 0.15) is 11.4 Å². The Bertz CT molecular complexity index is 396. The molecule has 0 saturated heterocycles. The van der Waals surface area contributed by atoms with Crippen LogP contribution in [0.5, 0.6) is 5.75 Å². The number of hydrogen-bond donors (Lipinski definition) is 0. The first kappa shape index (κ1) is 11.5. The summed E-state index contributed by atoms with van der Waals surface area (Å²) in [6.07, 6.45) is 1.04. The van der Waals surface area contributed by atoms with E-state index in [4.69, 9.17) is 4.74 Å². The Balaban J connectivity index is 2.47. The van der Waals surface area contributed by atoms with Crippen molar-refractivity contribution in [2.75, 3.05) is 14.1 Å². The minimum atomic E-state index is -0.0722. The number of fused-ring (bicyclic) bond motifs is 1. The molecular weight excluding hydrogens is 198 g/mol. The highest BCUT2D eigenvalue weighted by molar-refractivity contribution is 5.41. The van der Waals surface area contributed by atoms with Crippen LogP contribution >= 0.6 is 0 Å². The van der Waals surface area contributed by atoms with E-state index in [1.807, 2.05) is 0 Å². The van der Waals surface area contributed by atoms with Crippen LogP contribution in [0, 0.1) is 6.92 Å². The quantitative estimate of drug-likeness (QED) is 0.719. The van der Waals surface area contributed by atoms with Gasteiger partial charge in [0.25, 0.3) is 0 Å². The molecule has 2 heteroatoms. The first-order valence-electron chi connectivity index (χ1n) is 5.85. The van der Waals surface area contributed by atoms with Crippen LogP contribution in [0.2, 0.25) is 0 Å². The van der Waals surface area contributed by atoms with Crippen molar-refractivity contribution in [2.24, 2.45) is 0 Å². The third kappa shape index (κ3) is 2.07. The molecule has 0 radical (unpaired) electrons. The van der Waals surface area contributed by atoms with Gasteiger partial charge >= 0.3 is 0 Å². The van der Waals surface area contributed by atoms with E-state index in [1.165, 1.54) is 11.1 Å². The summed E-state index contributed by atoms with van der Waals surface area (Å²) in [6, 6.07) is 6.92. The van der Waals surface area contributed by atoms with Crippen molar-refractivity contribution in [1.82, 2.24) is 4.90 Å². The highest BCUT2D eigenvalue weighted by atomic mass is 16.5. The summed E-state index contributed by atoms with van der Waals surface area (Å²) in [4.78, 5) is 2.28. The average Bonchev–Trinajstić information content (AvgIpc) is 2.16. The molecule has 0 saturated carbocycles. The minimum Gasteiger partial charge on any atom is -0.487 e. The van der Waals surface area contributed by atoms with Crippen molar-refractivity contribution in [1.29, 1.82) is 0 Å². The molecule has 1 unspecified atom stereocenters. The fourth-order valence-corrected chi connectivity index (χ4v) is 2.40. The van der Waals surface area contributed by atoms with E-state index in [1.54, 1.807) is 0 Å². The van der Waals surface area contributed by atoms with E-state index in [0.29, 0.717) is 6.04 Å². The monoisotopic (exact) mass is 219 g/mol. The van der Waals surface area contributed by atoms with Gasteiger partial charge in [0.2, 0.25) is 0 Å². The Kier molecular flexibility index (Phi) is 2.70. The second kappa shape index (κ2) is 3.77. The molecule has 0 aromatic heterocycles. The zero-order chi connectivity index (χ0) is 11.9. The number of benzene rings is 1. The number of aryl methyl sites for hydroxylation is 1. The van der Waals surface area contributed by atoms with Crippen molar-refractivity contribution < 1.29 is 4.74 Å². The van der Waals surface area contributed by atoms with Gasteiger partial charge in [0.05, 0.1) is 0 Å². The summed E-state index contributed by atoms with van der Waals surface area (Å²) in [7, 11) is 4.27. The molecule has 16 heavy (non-hydrogen) atoms. The molecule has 1 aliphatic heterocycles. The van der Waals surface area contributed by atoms with Gasteiger partial charge in [-0.15, -0.1) is 0 Å². The molecule has 0 aliphatic carbocycles. The molecule has 0 amide bonds. The smallest absolute Gasteiger partial charge is 0.124 e. The van der Waals surface area contributed by atoms with Crippen LogP contribution in [-0.2, 0) is 0 Å². The van der Waals surface area contributed by atoms with E-state index < -0.39 is 0 Å². The summed E-state index contributed by atoms with van der Waals surface area (Å²) in [5.74, 6) is 1.04. The number of rotatable bonds is 1. The molecule has 0 bridgehead atoms. The predicted molar refractivity (Wildman–Crippen MR) is 66.9 cm³/mol. The molecule has 0 fully saturated rings. The Morgan fingerprint density at radius 3 is 2.62 bits per heavy atom. The standard InChI is InChI=1S/C14H21NO/c1-10-6-7-13-11(8-10)12(15(4)5)9-14(2,3)16-13/h6-8,12H,9H2,1-5H3. The second-order valence-electron chi connectivity index (χ2n) is 5.59. The van der Waals surface area contributed by atoms with E-state index >= 15 is 0 Å². The summed E-state index contributed by atoms with van der Waals surface area (Å²) in [5.41, 5.74) is 2.55. The van der Waals surface area contributed by atoms with Crippen LogP contribution in [0.15, 0.2) is 18.2 Å². The van der Waals surface area contributed by atoms with Crippen LogP contribution in [0.4, 0.5) is 0 Å². The van der Waals surface area contributed by atoms with Gasteiger partial charge in [0.15, 0.2) is 0 Å². The largest absolute Gasteiger partial charge is 0.487 e. The summed E-state index contributed by atoms with van der Waals surface area (Å²) >= 11 is 0. The highest BCUT2D eigenvalue weighted by Gasteiger charge is 2.34. The lowest BCUT2D eigenvalue weighted by molar-refractivity contribution is 0.0436. The van der Waals surface area contributed by atoms with Crippen LogP contribution < -0.4 is 4.74 Å². The van der Waals surface area contributed by atoms with Crippen molar-refractivity contribution in [3.63, 3.8) is 0 Å². The van der Waals surface area contributed by atoms with Crippen molar-refractivity contribution in [3.8, 4) is 5.75 Å². The lowest BCUT2D eigenvalue weighted by Crippen LogP contribution is -2.39. The van der Waals surface area contributed by atoms with E-state index in [2.05, 4.69) is 58.0 Å². The fraction of sp³-hybridized carbons (Fsp3) is 0.571. The van der Waals surface area contributed by atoms with E-state index in [0.717, 1.165) is 12.2 Å². The highest BCUT2D eigenvalue weighted by Crippen LogP contribution is 2.41. The average molecular weight is 219 g/mol. The predicted octanol–water partition coefficient (Wildman–Crippen LogP) is 3.16. The zero-order valence-electron chi connectivity index (χ0n) is 10.9. The molecule has 1 aliphatic rings. The van der Waals surface area contributed by atoms with E-state index in [9.17, 15) is 0 Å². The van der Waals surface area contributed by atoms with Gasteiger partial charge in [0, 0.05) is 18.0 Å². The molecule has 2 nitrogen and oxygen atoms in total. The van der Waals surface area contributed by atoms with Gasteiger partial charge in [-0.3, -0.25) is 0 Å². The number of ether oxygens (including phenoxy) is 1. The Labute approximate surface area is 98.2 Å². The van der Waals surface area contributed by atoms with Crippen LogP contribution in [-0.4, -0.2) is 24.6 Å². The number of hydrogen-bond acceptors (Lipinski definition) is 2. The van der Waals surface area contributed by atoms with Crippen molar-refractivity contribution >= 4 is 0 Å². The molecule has 1 aromatic rings. The summed E-state index contributed by atoms with van der Waals surface area (Å²) in [5, 5.41) is 0. The molecule has 0 N–H and O–H groups in total. The maximum atomic E-state index is 6.03. The Morgan fingerprint density at radius 1 is 1.31 bits per heavy atom. The zero-order valence-corrected chi connectivity index (χ0v) is 10.9. The number of nitrogens with zero attached hydrogens (tertiary/aromatic N) is 1. The fourth-order valence-electron chi connectivity index (χ4n) is 2.40. The lowest BCUT2D eigenvalue weighted by Gasteiger charge is -2.40. The van der Waals surface area contributed by atoms with Gasteiger partial charge in [-0.25, -0.2) is 0 Å². The van der Waals surface area contributed by atoms with Crippen LogP contribution in [0.25, 0.3) is 0 Å². The molecule has 0 spiro atoms. The molecule has 88 valence electrons. The third-order valence-corrected chi connectivity index (χ3v) is 3.22. The summed E-state index contributed by atoms with van der Waals surface area (Å²) < 4.78 is 6.03. The van der Waals surface area contributed by atoms with Crippen molar-refractivity contribution in [3.05, 3.63) is 29.3 Å². The normalized spacial score (nSPS) is 22.8. The Hall–Kier alpha value is -1.02. The van der Waals surface area contributed by atoms with Gasteiger partial charge < -0.3 is 9.64 Å².